The first-order chi connectivity index (χ1) is 10.5. The summed E-state index contributed by atoms with van der Waals surface area (Å²) < 4.78 is 38.8. The summed E-state index contributed by atoms with van der Waals surface area (Å²) in [4.78, 5) is 33.6. The summed E-state index contributed by atoms with van der Waals surface area (Å²) in [6.45, 7) is 1.31. The van der Waals surface area contributed by atoms with Crippen LogP contribution in [0.3, 0.4) is 0 Å². The van der Waals surface area contributed by atoms with E-state index in [1.165, 1.54) is 25.1 Å². The molecular formula is C13H15F3N4O3. The molecule has 10 heteroatoms. The van der Waals surface area contributed by atoms with Crippen LogP contribution in [0.2, 0.25) is 0 Å². The SMILES string of the molecule is C[C@H](NC(=O)NC(C(N)=O)C(N)=O)c1ccccc1C(F)(F)F. The third-order valence-electron chi connectivity index (χ3n) is 2.92. The Morgan fingerprint density at radius 3 is 2.04 bits per heavy atom. The van der Waals surface area contributed by atoms with Gasteiger partial charge in [-0.25, -0.2) is 4.79 Å². The Labute approximate surface area is 129 Å². The number of hydrogen-bond donors (Lipinski definition) is 4. The number of nitrogens with one attached hydrogen (secondary N) is 2. The van der Waals surface area contributed by atoms with Crippen molar-refractivity contribution in [2.45, 2.75) is 25.2 Å². The summed E-state index contributed by atoms with van der Waals surface area (Å²) in [6, 6.07) is 0.812. The van der Waals surface area contributed by atoms with Crippen LogP contribution in [0.15, 0.2) is 24.3 Å². The lowest BCUT2D eigenvalue weighted by Gasteiger charge is -2.20. The topological polar surface area (TPSA) is 127 Å². The fraction of sp³-hybridized carbons (Fsp3) is 0.308. The predicted molar refractivity (Wildman–Crippen MR) is 73.7 cm³/mol. The monoisotopic (exact) mass is 332 g/mol. The Morgan fingerprint density at radius 1 is 1.04 bits per heavy atom. The van der Waals surface area contributed by atoms with Crippen LogP contribution >= 0.6 is 0 Å². The number of carbonyl (C=O) groups is 3. The van der Waals surface area contributed by atoms with Crippen molar-refractivity contribution in [3.05, 3.63) is 35.4 Å². The van der Waals surface area contributed by atoms with E-state index in [9.17, 15) is 27.6 Å². The Hall–Kier alpha value is -2.78. The van der Waals surface area contributed by atoms with E-state index in [1.54, 1.807) is 0 Å². The second-order valence-electron chi connectivity index (χ2n) is 4.66. The number of carbonyl (C=O) groups excluding carboxylic acids is 3. The third kappa shape index (κ3) is 4.87. The summed E-state index contributed by atoms with van der Waals surface area (Å²) in [5.74, 6) is -2.37. The van der Waals surface area contributed by atoms with Crippen LogP contribution in [0.25, 0.3) is 0 Å². The van der Waals surface area contributed by atoms with E-state index in [2.05, 4.69) is 5.32 Å². The van der Waals surface area contributed by atoms with E-state index < -0.39 is 41.7 Å². The Kier molecular flexibility index (Phi) is 5.55. The summed E-state index contributed by atoms with van der Waals surface area (Å²) >= 11 is 0. The summed E-state index contributed by atoms with van der Waals surface area (Å²) in [5, 5.41) is 4.08. The first-order valence-electron chi connectivity index (χ1n) is 6.35. The molecule has 0 saturated carbocycles. The van der Waals surface area contributed by atoms with Crippen molar-refractivity contribution in [2.24, 2.45) is 11.5 Å². The van der Waals surface area contributed by atoms with Gasteiger partial charge in [-0.15, -0.1) is 0 Å². The zero-order valence-electron chi connectivity index (χ0n) is 12.0. The van der Waals surface area contributed by atoms with Crippen molar-refractivity contribution in [3.63, 3.8) is 0 Å². The second-order valence-corrected chi connectivity index (χ2v) is 4.66. The van der Waals surface area contributed by atoms with Gasteiger partial charge in [0.2, 0.25) is 11.8 Å². The normalized spacial score (nSPS) is 12.6. The molecule has 0 spiro atoms. The smallest absolute Gasteiger partial charge is 0.367 e. The number of nitrogens with two attached hydrogens (primary N) is 2. The standard InChI is InChI=1S/C13H15F3N4O3/c1-6(7-4-2-3-5-8(7)13(14,15)16)19-12(23)20-9(10(17)21)11(18)22/h2-6,9H,1H3,(H2,17,21)(H2,18,22)(H2,19,20,23)/t6-/m0/s1. The van der Waals surface area contributed by atoms with E-state index in [4.69, 9.17) is 11.5 Å². The van der Waals surface area contributed by atoms with E-state index in [0.717, 1.165) is 6.07 Å². The first-order valence-corrected chi connectivity index (χ1v) is 6.35. The molecule has 0 aliphatic heterocycles. The number of hydrogen-bond acceptors (Lipinski definition) is 3. The van der Waals surface area contributed by atoms with Gasteiger partial charge in [0, 0.05) is 0 Å². The van der Waals surface area contributed by atoms with Crippen LogP contribution in [0.1, 0.15) is 24.1 Å². The Bertz CT molecular complexity index is 605. The maximum absolute atomic E-state index is 12.9. The molecule has 0 aromatic heterocycles. The van der Waals surface area contributed by atoms with Gasteiger partial charge in [-0.3, -0.25) is 9.59 Å². The number of amides is 4. The fourth-order valence-corrected chi connectivity index (χ4v) is 1.86. The quantitative estimate of drug-likeness (QED) is 0.583. The number of alkyl halides is 3. The van der Waals surface area contributed by atoms with Gasteiger partial charge in [0.15, 0.2) is 6.04 Å². The van der Waals surface area contributed by atoms with Gasteiger partial charge in [-0.2, -0.15) is 13.2 Å². The lowest BCUT2D eigenvalue weighted by Crippen LogP contribution is -2.55. The summed E-state index contributed by atoms with van der Waals surface area (Å²) in [6.07, 6.45) is -4.59. The molecule has 7 nitrogen and oxygen atoms in total. The molecular weight excluding hydrogens is 317 g/mol. The molecule has 4 amide bonds. The number of halogens is 3. The van der Waals surface area contributed by atoms with Gasteiger partial charge in [0.25, 0.3) is 0 Å². The number of urea groups is 1. The molecule has 0 bridgehead atoms. The second kappa shape index (κ2) is 6.99. The lowest BCUT2D eigenvalue weighted by molar-refractivity contribution is -0.138. The zero-order chi connectivity index (χ0) is 17.8. The molecule has 0 unspecified atom stereocenters. The molecule has 1 rings (SSSR count). The van der Waals surface area contributed by atoms with Crippen LogP contribution in [0.5, 0.6) is 0 Å². The minimum Gasteiger partial charge on any atom is -0.367 e. The summed E-state index contributed by atoms with van der Waals surface area (Å²) in [7, 11) is 0. The van der Waals surface area contributed by atoms with Crippen LogP contribution < -0.4 is 22.1 Å². The van der Waals surface area contributed by atoms with Crippen molar-refractivity contribution >= 4 is 17.8 Å². The van der Waals surface area contributed by atoms with Gasteiger partial charge in [-0.05, 0) is 18.6 Å². The molecule has 1 aromatic carbocycles. The zero-order valence-corrected chi connectivity index (χ0v) is 12.0. The van der Waals surface area contributed by atoms with Gasteiger partial charge in [0.05, 0.1) is 11.6 Å². The highest BCUT2D eigenvalue weighted by molar-refractivity contribution is 6.05. The highest BCUT2D eigenvalue weighted by Gasteiger charge is 2.34. The molecule has 0 aliphatic rings. The molecule has 0 fully saturated rings. The molecule has 1 atom stereocenters. The maximum Gasteiger partial charge on any atom is 0.416 e. The highest BCUT2D eigenvalue weighted by Crippen LogP contribution is 2.34. The van der Waals surface area contributed by atoms with Crippen molar-refractivity contribution in [1.82, 2.24) is 10.6 Å². The van der Waals surface area contributed by atoms with Crippen molar-refractivity contribution in [2.75, 3.05) is 0 Å². The molecule has 0 radical (unpaired) electrons. The van der Waals surface area contributed by atoms with Crippen LogP contribution in [0.4, 0.5) is 18.0 Å². The third-order valence-corrected chi connectivity index (χ3v) is 2.92. The number of rotatable bonds is 5. The molecule has 23 heavy (non-hydrogen) atoms. The number of primary amides is 2. The fourth-order valence-electron chi connectivity index (χ4n) is 1.86. The minimum absolute atomic E-state index is 0.176. The van der Waals surface area contributed by atoms with Gasteiger partial charge in [0.1, 0.15) is 0 Å². The van der Waals surface area contributed by atoms with Gasteiger partial charge >= 0.3 is 12.2 Å². The average molecular weight is 332 g/mol. The predicted octanol–water partition coefficient (Wildman–Crippen LogP) is 0.405. The van der Waals surface area contributed by atoms with Crippen LogP contribution in [0, 0.1) is 0 Å². The maximum atomic E-state index is 12.9. The molecule has 0 heterocycles. The van der Waals surface area contributed by atoms with E-state index in [1.807, 2.05) is 5.32 Å². The first kappa shape index (κ1) is 18.3. The van der Waals surface area contributed by atoms with Crippen LogP contribution in [-0.4, -0.2) is 23.9 Å². The van der Waals surface area contributed by atoms with Crippen molar-refractivity contribution < 1.29 is 27.6 Å². The summed E-state index contributed by atoms with van der Waals surface area (Å²) in [5.41, 5.74) is 8.67. The minimum atomic E-state index is -4.59. The average Bonchev–Trinajstić information content (AvgIpc) is 2.43. The molecule has 1 aromatic rings. The molecule has 0 aliphatic carbocycles. The van der Waals surface area contributed by atoms with E-state index >= 15 is 0 Å². The van der Waals surface area contributed by atoms with Crippen molar-refractivity contribution in [3.8, 4) is 0 Å². The van der Waals surface area contributed by atoms with Gasteiger partial charge < -0.3 is 22.1 Å². The lowest BCUT2D eigenvalue weighted by atomic mass is 10.0. The van der Waals surface area contributed by atoms with Crippen LogP contribution in [-0.2, 0) is 15.8 Å². The number of benzene rings is 1. The van der Waals surface area contributed by atoms with E-state index in [0.29, 0.717) is 0 Å². The Morgan fingerprint density at radius 2 is 1.57 bits per heavy atom. The van der Waals surface area contributed by atoms with E-state index in [-0.39, 0.29) is 5.56 Å². The molecule has 0 saturated heterocycles. The Balaban J connectivity index is 2.88. The van der Waals surface area contributed by atoms with Gasteiger partial charge in [-0.1, -0.05) is 18.2 Å². The van der Waals surface area contributed by atoms with Crippen molar-refractivity contribution in [1.29, 1.82) is 0 Å². The molecule has 6 N–H and O–H groups in total. The highest BCUT2D eigenvalue weighted by atomic mass is 19.4. The largest absolute Gasteiger partial charge is 0.416 e. The molecule has 126 valence electrons.